The van der Waals surface area contributed by atoms with Crippen LogP contribution >= 0.6 is 0 Å². The van der Waals surface area contributed by atoms with Gasteiger partial charge in [-0.25, -0.2) is 4.39 Å². The van der Waals surface area contributed by atoms with Crippen LogP contribution in [0.3, 0.4) is 0 Å². The number of amides is 2. The Labute approximate surface area is 187 Å². The van der Waals surface area contributed by atoms with Crippen molar-refractivity contribution < 1.29 is 18.7 Å². The molecule has 0 aromatic heterocycles. The van der Waals surface area contributed by atoms with E-state index >= 15 is 0 Å². The van der Waals surface area contributed by atoms with E-state index in [4.69, 9.17) is 4.74 Å². The van der Waals surface area contributed by atoms with E-state index in [0.717, 1.165) is 24.0 Å². The summed E-state index contributed by atoms with van der Waals surface area (Å²) in [6, 6.07) is 14.3. The average Bonchev–Trinajstić information content (AvgIpc) is 2.80. The zero-order valence-electron chi connectivity index (χ0n) is 17.8. The van der Waals surface area contributed by atoms with Crippen molar-refractivity contribution >= 4 is 11.8 Å². The van der Waals surface area contributed by atoms with Crippen LogP contribution in [0.15, 0.2) is 48.5 Å². The number of piperazine rings is 1. The third kappa shape index (κ3) is 4.13. The first kappa shape index (κ1) is 20.7. The van der Waals surface area contributed by atoms with Crippen molar-refractivity contribution in [3.05, 3.63) is 71.0 Å². The largest absolute Gasteiger partial charge is 0.381 e. The van der Waals surface area contributed by atoms with Gasteiger partial charge in [0.25, 0.3) is 0 Å². The molecular weight excluding hydrogens is 407 g/mol. The molecule has 2 aromatic rings. The molecule has 0 spiro atoms. The zero-order chi connectivity index (χ0) is 22.1. The Balaban J connectivity index is 1.26. The maximum atomic E-state index is 13.3. The molecule has 2 amide bonds. The predicted molar refractivity (Wildman–Crippen MR) is 117 cm³/mol. The summed E-state index contributed by atoms with van der Waals surface area (Å²) in [4.78, 5) is 29.2. The molecule has 0 saturated carbocycles. The molecule has 0 aliphatic carbocycles. The summed E-state index contributed by atoms with van der Waals surface area (Å²) < 4.78 is 18.7. The molecular formula is C26H25FN2O3. The molecule has 0 N–H and O–H groups in total. The highest BCUT2D eigenvalue weighted by Gasteiger charge is 2.48. The summed E-state index contributed by atoms with van der Waals surface area (Å²) in [7, 11) is 0. The maximum absolute atomic E-state index is 13.3. The molecule has 3 aliphatic heterocycles. The summed E-state index contributed by atoms with van der Waals surface area (Å²) >= 11 is 0. The molecule has 3 aliphatic rings. The Bertz CT molecular complexity index is 1080. The van der Waals surface area contributed by atoms with Gasteiger partial charge in [0, 0.05) is 49.3 Å². The standard InChI is InChI=1S/C26H25FN2O3/c27-22-3-1-2-19(14-22)5-4-18-6-8-20(9-7-18)23-15-29-24(23)16-28(17-25(29)30)26(31)21-10-12-32-13-11-21/h1-3,6-9,14,21,23-24H,10-13,15-17H2/t23-,24-/m1/s1. The first-order valence-electron chi connectivity index (χ1n) is 11.1. The van der Waals surface area contributed by atoms with Crippen LogP contribution in [0.4, 0.5) is 4.39 Å². The quantitative estimate of drug-likeness (QED) is 0.686. The number of hydrogen-bond acceptors (Lipinski definition) is 3. The Morgan fingerprint density at radius 2 is 1.75 bits per heavy atom. The van der Waals surface area contributed by atoms with Gasteiger partial charge in [-0.1, -0.05) is 30.0 Å². The first-order chi connectivity index (χ1) is 15.6. The number of ether oxygens (including phenoxy) is 1. The normalized spacial score (nSPS) is 23.1. The van der Waals surface area contributed by atoms with Crippen molar-refractivity contribution in [1.29, 1.82) is 0 Å². The molecule has 32 heavy (non-hydrogen) atoms. The Morgan fingerprint density at radius 3 is 2.50 bits per heavy atom. The van der Waals surface area contributed by atoms with Gasteiger partial charge in [-0.05, 0) is 48.7 Å². The molecule has 164 valence electrons. The molecule has 3 saturated heterocycles. The minimum atomic E-state index is -0.298. The van der Waals surface area contributed by atoms with E-state index in [-0.39, 0.29) is 42.1 Å². The smallest absolute Gasteiger partial charge is 0.242 e. The maximum Gasteiger partial charge on any atom is 0.242 e. The number of hydrogen-bond donors (Lipinski definition) is 0. The number of nitrogens with zero attached hydrogens (tertiary/aromatic N) is 2. The Morgan fingerprint density at radius 1 is 1.00 bits per heavy atom. The van der Waals surface area contributed by atoms with Gasteiger partial charge in [0.1, 0.15) is 5.82 Å². The second-order valence-electron chi connectivity index (χ2n) is 8.71. The van der Waals surface area contributed by atoms with E-state index in [1.165, 1.54) is 12.1 Å². The van der Waals surface area contributed by atoms with Crippen LogP contribution in [-0.4, -0.2) is 60.5 Å². The van der Waals surface area contributed by atoms with E-state index in [0.29, 0.717) is 31.9 Å². The van der Waals surface area contributed by atoms with Gasteiger partial charge < -0.3 is 14.5 Å². The van der Waals surface area contributed by atoms with Crippen LogP contribution in [0.2, 0.25) is 0 Å². The summed E-state index contributed by atoms with van der Waals surface area (Å²) in [6.45, 7) is 2.70. The molecule has 0 radical (unpaired) electrons. The van der Waals surface area contributed by atoms with Crippen LogP contribution in [0.1, 0.15) is 35.4 Å². The highest BCUT2D eigenvalue weighted by atomic mass is 19.1. The van der Waals surface area contributed by atoms with Gasteiger partial charge in [-0.15, -0.1) is 0 Å². The number of benzene rings is 2. The van der Waals surface area contributed by atoms with Crippen LogP contribution in [0.25, 0.3) is 0 Å². The van der Waals surface area contributed by atoms with Crippen molar-refractivity contribution in [2.45, 2.75) is 24.8 Å². The minimum Gasteiger partial charge on any atom is -0.381 e. The topological polar surface area (TPSA) is 49.9 Å². The lowest BCUT2D eigenvalue weighted by atomic mass is 9.80. The van der Waals surface area contributed by atoms with E-state index in [2.05, 4.69) is 11.8 Å². The molecule has 0 bridgehead atoms. The SMILES string of the molecule is O=C(C1CCOCC1)N1CC(=O)N2C[C@H](c3ccc(C#Cc4cccc(F)c4)cc3)[C@H]2C1. The monoisotopic (exact) mass is 432 g/mol. The number of carbonyl (C=O) groups excluding carboxylic acids is 2. The molecule has 3 heterocycles. The van der Waals surface area contributed by atoms with Gasteiger partial charge >= 0.3 is 0 Å². The molecule has 2 atom stereocenters. The Kier molecular flexibility index (Phi) is 5.67. The van der Waals surface area contributed by atoms with Crippen molar-refractivity contribution in [2.75, 3.05) is 32.8 Å². The average molecular weight is 432 g/mol. The van der Waals surface area contributed by atoms with E-state index in [1.54, 1.807) is 17.0 Å². The molecule has 5 nitrogen and oxygen atoms in total. The second-order valence-corrected chi connectivity index (χ2v) is 8.71. The third-order valence-corrected chi connectivity index (χ3v) is 6.71. The van der Waals surface area contributed by atoms with Gasteiger partial charge in [0.05, 0.1) is 12.6 Å². The fourth-order valence-electron chi connectivity index (χ4n) is 4.83. The fourth-order valence-corrected chi connectivity index (χ4v) is 4.83. The molecule has 6 heteroatoms. The zero-order valence-corrected chi connectivity index (χ0v) is 17.8. The molecule has 2 aromatic carbocycles. The summed E-state index contributed by atoms with van der Waals surface area (Å²) in [6.07, 6.45) is 1.47. The Hall–Kier alpha value is -3.17. The number of halogens is 1. The van der Waals surface area contributed by atoms with E-state index in [1.807, 2.05) is 29.2 Å². The van der Waals surface area contributed by atoms with Crippen molar-refractivity contribution in [2.24, 2.45) is 5.92 Å². The van der Waals surface area contributed by atoms with Gasteiger partial charge in [-0.3, -0.25) is 9.59 Å². The van der Waals surface area contributed by atoms with Crippen LogP contribution in [0, 0.1) is 23.6 Å². The number of rotatable bonds is 2. The van der Waals surface area contributed by atoms with Crippen LogP contribution in [-0.2, 0) is 14.3 Å². The molecule has 3 fully saturated rings. The number of carbonyl (C=O) groups is 2. The lowest BCUT2D eigenvalue weighted by Crippen LogP contribution is -2.68. The van der Waals surface area contributed by atoms with Crippen LogP contribution < -0.4 is 0 Å². The summed E-state index contributed by atoms with van der Waals surface area (Å²) in [5, 5.41) is 0. The fraction of sp³-hybridized carbons (Fsp3) is 0.385. The lowest BCUT2D eigenvalue weighted by Gasteiger charge is -2.54. The van der Waals surface area contributed by atoms with Crippen molar-refractivity contribution in [1.82, 2.24) is 9.80 Å². The molecule has 5 rings (SSSR count). The van der Waals surface area contributed by atoms with Gasteiger partial charge in [-0.2, -0.15) is 0 Å². The van der Waals surface area contributed by atoms with E-state index in [9.17, 15) is 14.0 Å². The third-order valence-electron chi connectivity index (χ3n) is 6.71. The number of fused-ring (bicyclic) bond motifs is 1. The van der Waals surface area contributed by atoms with Gasteiger partial charge in [0.15, 0.2) is 0 Å². The second kappa shape index (κ2) is 8.76. The summed E-state index contributed by atoms with van der Waals surface area (Å²) in [5.74, 6) is 6.07. The lowest BCUT2D eigenvalue weighted by molar-refractivity contribution is -0.159. The molecule has 0 unspecified atom stereocenters. The van der Waals surface area contributed by atoms with Gasteiger partial charge in [0.2, 0.25) is 11.8 Å². The van der Waals surface area contributed by atoms with E-state index < -0.39 is 0 Å². The highest BCUT2D eigenvalue weighted by Crippen LogP contribution is 2.37. The summed E-state index contributed by atoms with van der Waals surface area (Å²) in [5.41, 5.74) is 2.64. The van der Waals surface area contributed by atoms with Crippen LogP contribution in [0.5, 0.6) is 0 Å². The first-order valence-corrected chi connectivity index (χ1v) is 11.1. The van der Waals surface area contributed by atoms with Crippen molar-refractivity contribution in [3.8, 4) is 11.8 Å². The predicted octanol–water partition coefficient (Wildman–Crippen LogP) is 2.79. The minimum absolute atomic E-state index is 0.0300. The highest BCUT2D eigenvalue weighted by molar-refractivity contribution is 5.88. The van der Waals surface area contributed by atoms with Crippen molar-refractivity contribution in [3.63, 3.8) is 0 Å².